The van der Waals surface area contributed by atoms with Gasteiger partial charge >= 0.3 is 5.97 Å². The second kappa shape index (κ2) is 9.67. The maximum absolute atomic E-state index is 12.1. The summed E-state index contributed by atoms with van der Waals surface area (Å²) >= 11 is 0. The first-order valence-corrected chi connectivity index (χ1v) is 10.2. The van der Waals surface area contributed by atoms with E-state index in [0.717, 1.165) is 58.4 Å². The van der Waals surface area contributed by atoms with E-state index in [9.17, 15) is 9.59 Å². The minimum atomic E-state index is -0.160. The van der Waals surface area contributed by atoms with Crippen LogP contribution in [0, 0.1) is 0 Å². The number of carbonyl (C=O) groups is 2. The molecule has 7 heteroatoms. The first-order chi connectivity index (χ1) is 12.6. The number of likely N-dealkylation sites (N-methyl/N-ethyl adjacent to an activating group) is 1. The lowest BCUT2D eigenvalue weighted by atomic mass is 10.0. The van der Waals surface area contributed by atoms with Crippen LogP contribution in [0.2, 0.25) is 0 Å². The summed E-state index contributed by atoms with van der Waals surface area (Å²) in [6, 6.07) is 0.668. The summed E-state index contributed by atoms with van der Waals surface area (Å²) in [4.78, 5) is 32.8. The number of hydrogen-bond acceptors (Lipinski definition) is 6. The van der Waals surface area contributed by atoms with E-state index in [4.69, 9.17) is 4.74 Å². The van der Waals surface area contributed by atoms with Gasteiger partial charge in [0.05, 0.1) is 13.1 Å². The third-order valence-electron chi connectivity index (χ3n) is 6.01. The highest BCUT2D eigenvalue weighted by atomic mass is 16.5. The molecule has 0 radical (unpaired) electrons. The lowest BCUT2D eigenvalue weighted by Crippen LogP contribution is -2.52. The maximum Gasteiger partial charge on any atom is 0.320 e. The third kappa shape index (κ3) is 5.66. The summed E-state index contributed by atoms with van der Waals surface area (Å²) < 4.78 is 5.36. The van der Waals surface area contributed by atoms with E-state index in [1.54, 1.807) is 0 Å². The van der Waals surface area contributed by atoms with Gasteiger partial charge in [0.25, 0.3) is 0 Å². The molecule has 0 spiro atoms. The highest BCUT2D eigenvalue weighted by molar-refractivity contribution is 5.76. The van der Waals surface area contributed by atoms with Gasteiger partial charge in [0.1, 0.15) is 6.61 Å². The molecule has 26 heavy (non-hydrogen) atoms. The van der Waals surface area contributed by atoms with Crippen molar-refractivity contribution < 1.29 is 14.3 Å². The van der Waals surface area contributed by atoms with Crippen molar-refractivity contribution in [2.24, 2.45) is 0 Å². The molecule has 0 N–H and O–H groups in total. The molecule has 3 rings (SSSR count). The van der Waals surface area contributed by atoms with Crippen LogP contribution < -0.4 is 0 Å². The first kappa shape index (κ1) is 19.6. The largest absolute Gasteiger partial charge is 0.463 e. The van der Waals surface area contributed by atoms with Gasteiger partial charge < -0.3 is 14.5 Å². The SMILES string of the molecule is CN1CCN(C2CCN(CC(=O)OCCN3CCCCC3=O)CC2)CC1. The number of likely N-dealkylation sites (tertiary alicyclic amines) is 2. The highest BCUT2D eigenvalue weighted by Gasteiger charge is 2.27. The monoisotopic (exact) mass is 366 g/mol. The molecule has 3 heterocycles. The highest BCUT2D eigenvalue weighted by Crippen LogP contribution is 2.18. The van der Waals surface area contributed by atoms with Crippen molar-refractivity contribution in [1.29, 1.82) is 0 Å². The van der Waals surface area contributed by atoms with Gasteiger partial charge in [-0.3, -0.25) is 19.4 Å². The molecule has 7 nitrogen and oxygen atoms in total. The van der Waals surface area contributed by atoms with Gasteiger partial charge in [0, 0.05) is 58.3 Å². The van der Waals surface area contributed by atoms with Crippen LogP contribution in [-0.4, -0.2) is 110 Å². The molecule has 0 atom stereocenters. The number of esters is 1. The van der Waals surface area contributed by atoms with Crippen LogP contribution >= 0.6 is 0 Å². The van der Waals surface area contributed by atoms with Crippen LogP contribution in [0.25, 0.3) is 0 Å². The minimum absolute atomic E-state index is 0.160. The van der Waals surface area contributed by atoms with Crippen LogP contribution in [0.4, 0.5) is 0 Å². The molecule has 0 aliphatic carbocycles. The fourth-order valence-electron chi connectivity index (χ4n) is 4.23. The van der Waals surface area contributed by atoms with Crippen LogP contribution in [0.1, 0.15) is 32.1 Å². The molecule has 1 amide bonds. The normalized spacial score (nSPS) is 24.8. The fourth-order valence-corrected chi connectivity index (χ4v) is 4.23. The van der Waals surface area contributed by atoms with E-state index < -0.39 is 0 Å². The van der Waals surface area contributed by atoms with Gasteiger partial charge in [-0.2, -0.15) is 0 Å². The second-order valence-corrected chi connectivity index (χ2v) is 7.90. The molecule has 0 bridgehead atoms. The van der Waals surface area contributed by atoms with Crippen molar-refractivity contribution in [2.45, 2.75) is 38.1 Å². The Morgan fingerprint density at radius 1 is 1.04 bits per heavy atom. The van der Waals surface area contributed by atoms with Crippen LogP contribution in [0.3, 0.4) is 0 Å². The molecule has 0 saturated carbocycles. The topological polar surface area (TPSA) is 56.3 Å². The van der Waals surface area contributed by atoms with Crippen molar-refractivity contribution in [3.63, 3.8) is 0 Å². The van der Waals surface area contributed by atoms with Gasteiger partial charge in [-0.15, -0.1) is 0 Å². The predicted octanol–water partition coefficient (Wildman–Crippen LogP) is 0.254. The Balaban J connectivity index is 1.29. The quantitative estimate of drug-likeness (QED) is 0.629. The number of amides is 1. The molecule has 3 aliphatic heterocycles. The van der Waals surface area contributed by atoms with Crippen LogP contribution in [0.15, 0.2) is 0 Å². The summed E-state index contributed by atoms with van der Waals surface area (Å²) in [7, 11) is 2.19. The number of ether oxygens (including phenoxy) is 1. The number of rotatable bonds is 6. The molecule has 0 aromatic heterocycles. The zero-order valence-corrected chi connectivity index (χ0v) is 16.2. The molecule has 3 aliphatic rings. The van der Waals surface area contributed by atoms with E-state index in [1.807, 2.05) is 4.90 Å². The Labute approximate surface area is 157 Å². The minimum Gasteiger partial charge on any atom is -0.463 e. The van der Waals surface area contributed by atoms with Crippen molar-refractivity contribution in [1.82, 2.24) is 19.6 Å². The van der Waals surface area contributed by atoms with E-state index in [0.29, 0.717) is 32.2 Å². The molecular formula is C19H34N4O3. The standard InChI is InChI=1S/C19H34N4O3/c1-20-10-12-22(13-11-20)17-5-8-21(9-6-17)16-19(25)26-15-14-23-7-3-2-4-18(23)24/h17H,2-16H2,1H3. The molecule has 0 aromatic rings. The number of hydrogen-bond donors (Lipinski definition) is 0. The van der Waals surface area contributed by atoms with Gasteiger partial charge in [0.2, 0.25) is 5.91 Å². The Kier molecular flexibility index (Phi) is 7.28. The Morgan fingerprint density at radius 3 is 2.46 bits per heavy atom. The van der Waals surface area contributed by atoms with Crippen LogP contribution in [0.5, 0.6) is 0 Å². The fraction of sp³-hybridized carbons (Fsp3) is 0.895. The molecule has 148 valence electrons. The Bertz CT molecular complexity index is 471. The van der Waals surface area contributed by atoms with Gasteiger partial charge in [-0.25, -0.2) is 0 Å². The molecule has 0 unspecified atom stereocenters. The number of carbonyl (C=O) groups excluding carboxylic acids is 2. The van der Waals surface area contributed by atoms with Crippen molar-refractivity contribution in [2.75, 3.05) is 72.6 Å². The summed E-state index contributed by atoms with van der Waals surface area (Å²) in [6.45, 7) is 8.63. The maximum atomic E-state index is 12.1. The van der Waals surface area contributed by atoms with E-state index in [-0.39, 0.29) is 11.9 Å². The van der Waals surface area contributed by atoms with Gasteiger partial charge in [-0.05, 0) is 32.7 Å². The lowest BCUT2D eigenvalue weighted by molar-refractivity contribution is -0.147. The van der Waals surface area contributed by atoms with E-state index in [1.165, 1.54) is 13.1 Å². The number of nitrogens with zero attached hydrogens (tertiary/aromatic N) is 4. The molecule has 3 saturated heterocycles. The smallest absolute Gasteiger partial charge is 0.320 e. The van der Waals surface area contributed by atoms with E-state index >= 15 is 0 Å². The number of piperidine rings is 2. The van der Waals surface area contributed by atoms with Crippen molar-refractivity contribution in [3.05, 3.63) is 0 Å². The second-order valence-electron chi connectivity index (χ2n) is 7.90. The van der Waals surface area contributed by atoms with Crippen LogP contribution in [-0.2, 0) is 14.3 Å². The first-order valence-electron chi connectivity index (χ1n) is 10.2. The Hall–Kier alpha value is -1.18. The summed E-state index contributed by atoms with van der Waals surface area (Å²) in [5.74, 6) is 0.0331. The van der Waals surface area contributed by atoms with Crippen molar-refractivity contribution in [3.8, 4) is 0 Å². The third-order valence-corrected chi connectivity index (χ3v) is 6.01. The summed E-state index contributed by atoms with van der Waals surface area (Å²) in [5, 5.41) is 0. The lowest BCUT2D eigenvalue weighted by Gasteiger charge is -2.41. The van der Waals surface area contributed by atoms with Gasteiger partial charge in [-0.1, -0.05) is 0 Å². The summed E-state index contributed by atoms with van der Waals surface area (Å²) in [5.41, 5.74) is 0. The molecular weight excluding hydrogens is 332 g/mol. The number of piperazine rings is 1. The molecule has 3 fully saturated rings. The van der Waals surface area contributed by atoms with Gasteiger partial charge in [0.15, 0.2) is 0 Å². The average molecular weight is 367 g/mol. The zero-order chi connectivity index (χ0) is 18.4. The zero-order valence-electron chi connectivity index (χ0n) is 16.2. The summed E-state index contributed by atoms with van der Waals surface area (Å²) in [6.07, 6.45) is 4.95. The van der Waals surface area contributed by atoms with Crippen molar-refractivity contribution >= 4 is 11.9 Å². The van der Waals surface area contributed by atoms with E-state index in [2.05, 4.69) is 21.7 Å². The Morgan fingerprint density at radius 2 is 1.77 bits per heavy atom. The average Bonchev–Trinajstić information content (AvgIpc) is 2.65. The predicted molar refractivity (Wildman–Crippen MR) is 99.9 cm³/mol. The molecule has 0 aromatic carbocycles.